The monoisotopic (exact) mass is 272 g/mol. The van der Waals surface area contributed by atoms with E-state index in [0.717, 1.165) is 29.0 Å². The molecule has 0 spiro atoms. The summed E-state index contributed by atoms with van der Waals surface area (Å²) in [7, 11) is 0. The van der Waals surface area contributed by atoms with Crippen LogP contribution >= 0.6 is 11.3 Å². The van der Waals surface area contributed by atoms with Gasteiger partial charge in [-0.15, -0.1) is 11.3 Å². The molecule has 3 rings (SSSR count). The first-order chi connectivity index (χ1) is 9.28. The van der Waals surface area contributed by atoms with Gasteiger partial charge < -0.3 is 10.6 Å². The number of carbonyl (C=O) groups is 1. The molecular weight excluding hydrogens is 256 g/mol. The lowest BCUT2D eigenvalue weighted by atomic mass is 10.1. The van der Waals surface area contributed by atoms with Crippen LogP contribution < -0.4 is 10.6 Å². The molecule has 1 amide bonds. The third-order valence-electron chi connectivity index (χ3n) is 3.21. The average molecular weight is 272 g/mol. The van der Waals surface area contributed by atoms with E-state index in [0.29, 0.717) is 0 Å². The summed E-state index contributed by atoms with van der Waals surface area (Å²) in [6.07, 6.45) is 2.00. The zero-order valence-corrected chi connectivity index (χ0v) is 11.6. The van der Waals surface area contributed by atoms with Crippen LogP contribution in [0.25, 0.3) is 0 Å². The molecule has 0 saturated heterocycles. The highest BCUT2D eigenvalue weighted by molar-refractivity contribution is 7.16. The second kappa shape index (κ2) is 5.05. The highest BCUT2D eigenvalue weighted by atomic mass is 32.1. The number of fused-ring (bicyclic) bond motifs is 1. The van der Waals surface area contributed by atoms with Gasteiger partial charge in [-0.1, -0.05) is 43.7 Å². The van der Waals surface area contributed by atoms with Crippen LogP contribution in [0.5, 0.6) is 0 Å². The Morgan fingerprint density at radius 3 is 2.74 bits per heavy atom. The standard InChI is InChI=1S/C15H16N2OS/c1-2-6-11-9-12-14(18)16-13(17-15(12)19-11)10-7-4-3-5-8-10/h3-5,7-9,13,17H,2,6H2,1H3,(H,16,18). The molecule has 19 heavy (non-hydrogen) atoms. The summed E-state index contributed by atoms with van der Waals surface area (Å²) < 4.78 is 0. The lowest BCUT2D eigenvalue weighted by Crippen LogP contribution is -2.37. The largest absolute Gasteiger partial charge is 0.353 e. The highest BCUT2D eigenvalue weighted by Crippen LogP contribution is 2.34. The second-order valence-electron chi connectivity index (χ2n) is 4.67. The topological polar surface area (TPSA) is 41.1 Å². The Labute approximate surface area is 116 Å². The number of benzene rings is 1. The van der Waals surface area contributed by atoms with E-state index in [-0.39, 0.29) is 12.1 Å². The van der Waals surface area contributed by atoms with Crippen LogP contribution in [0, 0.1) is 0 Å². The van der Waals surface area contributed by atoms with Crippen molar-refractivity contribution in [1.82, 2.24) is 5.32 Å². The quantitative estimate of drug-likeness (QED) is 0.897. The van der Waals surface area contributed by atoms with Crippen molar-refractivity contribution in [3.63, 3.8) is 0 Å². The van der Waals surface area contributed by atoms with Crippen molar-refractivity contribution in [3.8, 4) is 0 Å². The molecule has 1 aromatic heterocycles. The van der Waals surface area contributed by atoms with E-state index in [2.05, 4.69) is 17.6 Å². The van der Waals surface area contributed by atoms with Gasteiger partial charge in [-0.2, -0.15) is 0 Å². The van der Waals surface area contributed by atoms with E-state index >= 15 is 0 Å². The molecule has 2 aromatic rings. The fourth-order valence-electron chi connectivity index (χ4n) is 2.28. The molecule has 0 saturated carbocycles. The molecule has 3 nitrogen and oxygen atoms in total. The van der Waals surface area contributed by atoms with Gasteiger partial charge in [0, 0.05) is 4.88 Å². The fraction of sp³-hybridized carbons (Fsp3) is 0.267. The lowest BCUT2D eigenvalue weighted by molar-refractivity contribution is 0.0936. The van der Waals surface area contributed by atoms with Gasteiger partial charge in [-0.05, 0) is 18.1 Å². The predicted molar refractivity (Wildman–Crippen MR) is 78.6 cm³/mol. The number of thiophene rings is 1. The summed E-state index contributed by atoms with van der Waals surface area (Å²) >= 11 is 1.69. The Morgan fingerprint density at radius 2 is 2.00 bits per heavy atom. The van der Waals surface area contributed by atoms with Crippen molar-refractivity contribution in [1.29, 1.82) is 0 Å². The number of nitrogens with one attached hydrogen (secondary N) is 2. The highest BCUT2D eigenvalue weighted by Gasteiger charge is 2.26. The number of carbonyl (C=O) groups excluding carboxylic acids is 1. The van der Waals surface area contributed by atoms with Crippen LogP contribution in [0.4, 0.5) is 5.00 Å². The van der Waals surface area contributed by atoms with E-state index in [1.165, 1.54) is 4.88 Å². The lowest BCUT2D eigenvalue weighted by Gasteiger charge is -2.25. The van der Waals surface area contributed by atoms with Gasteiger partial charge in [0.05, 0.1) is 5.56 Å². The maximum absolute atomic E-state index is 12.1. The van der Waals surface area contributed by atoms with Crippen LogP contribution in [0.2, 0.25) is 0 Å². The van der Waals surface area contributed by atoms with Gasteiger partial charge in [-0.3, -0.25) is 4.79 Å². The molecule has 1 aliphatic rings. The van der Waals surface area contributed by atoms with Gasteiger partial charge in [0.25, 0.3) is 5.91 Å². The summed E-state index contributed by atoms with van der Waals surface area (Å²) in [4.78, 5) is 13.4. The summed E-state index contributed by atoms with van der Waals surface area (Å²) in [5.41, 5.74) is 1.85. The van der Waals surface area contributed by atoms with Crippen molar-refractivity contribution in [2.75, 3.05) is 5.32 Å². The van der Waals surface area contributed by atoms with Crippen molar-refractivity contribution >= 4 is 22.2 Å². The Balaban J connectivity index is 1.89. The van der Waals surface area contributed by atoms with Crippen LogP contribution in [-0.4, -0.2) is 5.91 Å². The zero-order chi connectivity index (χ0) is 13.2. The molecule has 0 bridgehead atoms. The average Bonchev–Trinajstić information content (AvgIpc) is 2.83. The van der Waals surface area contributed by atoms with Crippen LogP contribution in [-0.2, 0) is 6.42 Å². The second-order valence-corrected chi connectivity index (χ2v) is 5.80. The van der Waals surface area contributed by atoms with Crippen molar-refractivity contribution in [3.05, 3.63) is 52.4 Å². The summed E-state index contributed by atoms with van der Waals surface area (Å²) in [5.74, 6) is 0.0150. The number of aryl methyl sites for hydroxylation is 1. The molecule has 1 aliphatic heterocycles. The van der Waals surface area contributed by atoms with Gasteiger partial charge in [0.15, 0.2) is 0 Å². The molecule has 2 N–H and O–H groups in total. The first-order valence-electron chi connectivity index (χ1n) is 6.53. The minimum Gasteiger partial charge on any atom is -0.353 e. The number of amides is 1. The normalized spacial score (nSPS) is 17.5. The Morgan fingerprint density at radius 1 is 1.21 bits per heavy atom. The van der Waals surface area contributed by atoms with Crippen molar-refractivity contribution in [2.24, 2.45) is 0 Å². The Kier molecular flexibility index (Phi) is 3.25. The first kappa shape index (κ1) is 12.2. The minimum absolute atomic E-state index is 0.0150. The van der Waals surface area contributed by atoms with E-state index in [1.807, 2.05) is 36.4 Å². The Bertz CT molecular complexity index is 591. The number of hydrogen-bond donors (Lipinski definition) is 2. The van der Waals surface area contributed by atoms with Crippen LogP contribution in [0.3, 0.4) is 0 Å². The molecule has 0 aliphatic carbocycles. The molecule has 4 heteroatoms. The van der Waals surface area contributed by atoms with Gasteiger partial charge in [-0.25, -0.2) is 0 Å². The molecule has 98 valence electrons. The molecule has 1 atom stereocenters. The molecule has 0 radical (unpaired) electrons. The number of hydrogen-bond acceptors (Lipinski definition) is 3. The zero-order valence-electron chi connectivity index (χ0n) is 10.8. The van der Waals surface area contributed by atoms with Gasteiger partial charge >= 0.3 is 0 Å². The summed E-state index contributed by atoms with van der Waals surface area (Å²) in [6.45, 7) is 2.15. The van der Waals surface area contributed by atoms with Crippen LogP contribution in [0.15, 0.2) is 36.4 Å². The van der Waals surface area contributed by atoms with Gasteiger partial charge in [0.1, 0.15) is 11.2 Å². The van der Waals surface area contributed by atoms with E-state index in [9.17, 15) is 4.79 Å². The van der Waals surface area contributed by atoms with E-state index < -0.39 is 0 Å². The minimum atomic E-state index is -0.130. The van der Waals surface area contributed by atoms with Crippen molar-refractivity contribution < 1.29 is 4.79 Å². The maximum Gasteiger partial charge on any atom is 0.256 e. The molecular formula is C15H16N2OS. The van der Waals surface area contributed by atoms with Crippen molar-refractivity contribution in [2.45, 2.75) is 25.9 Å². The molecule has 1 aromatic carbocycles. The third-order valence-corrected chi connectivity index (χ3v) is 4.33. The first-order valence-corrected chi connectivity index (χ1v) is 7.34. The van der Waals surface area contributed by atoms with E-state index in [1.54, 1.807) is 11.3 Å². The number of rotatable bonds is 3. The molecule has 2 heterocycles. The SMILES string of the molecule is CCCc1cc2c(s1)NC(c1ccccc1)NC2=O. The smallest absolute Gasteiger partial charge is 0.256 e. The van der Waals surface area contributed by atoms with Crippen LogP contribution in [0.1, 0.15) is 40.3 Å². The molecule has 1 unspecified atom stereocenters. The molecule has 0 fully saturated rings. The fourth-order valence-corrected chi connectivity index (χ4v) is 3.46. The summed E-state index contributed by atoms with van der Waals surface area (Å²) in [6, 6.07) is 12.0. The maximum atomic E-state index is 12.1. The summed E-state index contributed by atoms with van der Waals surface area (Å²) in [5, 5.41) is 7.40. The third kappa shape index (κ3) is 2.36. The Hall–Kier alpha value is -1.81. The van der Waals surface area contributed by atoms with Gasteiger partial charge in [0.2, 0.25) is 0 Å². The predicted octanol–water partition coefficient (Wildman–Crippen LogP) is 3.55. The number of anilines is 1. The van der Waals surface area contributed by atoms with E-state index in [4.69, 9.17) is 0 Å².